The SMILES string of the molecule is CCCCCCCCCCCCCCCCCC(=O)OC[C@H](COP(=O)(O)OC[C@H](O)COP(=O)(O)OC[C@@H](COC(=O)CCCCCCCCCCCCCCCCC)OC(=O)CCCCCCCCC)OC(=O)CCCCCC. The van der Waals surface area contributed by atoms with Crippen molar-refractivity contribution >= 4 is 39.5 Å². The number of unbranched alkanes of at least 4 members (excludes halogenated alkanes) is 37. The normalized spacial score (nSPS) is 14.2. The number of aliphatic hydroxyl groups is 1. The average molecular weight is 1200 g/mol. The number of aliphatic hydroxyl groups excluding tert-OH is 1. The summed E-state index contributed by atoms with van der Waals surface area (Å²) in [5.74, 6) is -2.15. The molecule has 0 aromatic carbocycles. The lowest BCUT2D eigenvalue weighted by Crippen LogP contribution is -2.30. The fourth-order valence-electron chi connectivity index (χ4n) is 9.28. The standard InChI is InChI=1S/C62H120O17P2/c1-5-9-13-17-20-22-24-26-28-30-32-34-37-39-43-46-59(64)72-52-57(78-61(66)48-42-16-12-8-4)54-76-80(68,69)74-50-56(63)51-75-81(70,71)77-55-58(79-62(67)49-45-41-36-19-15-11-7-3)53-73-60(65)47-44-40-38-35-33-31-29-27-25-23-21-18-14-10-6-2/h56-58,63H,5-55H2,1-4H3,(H,68,69)(H,70,71)/t56-,57+,58+/m0/s1. The van der Waals surface area contributed by atoms with Crippen molar-refractivity contribution in [3.05, 3.63) is 0 Å². The van der Waals surface area contributed by atoms with Gasteiger partial charge in [-0.1, -0.05) is 265 Å². The Kier molecular flexibility index (Phi) is 55.8. The number of phosphoric acid groups is 2. The van der Waals surface area contributed by atoms with Gasteiger partial charge in [-0.2, -0.15) is 0 Å². The molecule has 0 spiro atoms. The smallest absolute Gasteiger partial charge is 0.462 e. The first-order valence-electron chi connectivity index (χ1n) is 32.8. The molecule has 17 nitrogen and oxygen atoms in total. The van der Waals surface area contributed by atoms with Crippen LogP contribution in [0.5, 0.6) is 0 Å². The molecule has 0 aliphatic carbocycles. The molecule has 0 bridgehead atoms. The summed E-state index contributed by atoms with van der Waals surface area (Å²) >= 11 is 0. The summed E-state index contributed by atoms with van der Waals surface area (Å²) in [6.45, 7) is 4.71. The maximum absolute atomic E-state index is 12.9. The van der Waals surface area contributed by atoms with Gasteiger partial charge in [-0.3, -0.25) is 37.3 Å². The molecule has 3 N–H and O–H groups in total. The maximum Gasteiger partial charge on any atom is 0.472 e. The molecular formula is C62H120O17P2. The van der Waals surface area contributed by atoms with E-state index in [1.807, 2.05) is 6.92 Å². The lowest BCUT2D eigenvalue weighted by molar-refractivity contribution is -0.161. The quantitative estimate of drug-likeness (QED) is 0.0222. The zero-order valence-corrected chi connectivity index (χ0v) is 53.5. The second-order valence-electron chi connectivity index (χ2n) is 22.4. The van der Waals surface area contributed by atoms with E-state index in [1.54, 1.807) is 0 Å². The van der Waals surface area contributed by atoms with Crippen LogP contribution in [0.15, 0.2) is 0 Å². The fraction of sp³-hybridized carbons (Fsp3) is 0.935. The van der Waals surface area contributed by atoms with Gasteiger partial charge in [-0.25, -0.2) is 9.13 Å². The number of rotatable bonds is 63. The van der Waals surface area contributed by atoms with Gasteiger partial charge in [0.05, 0.1) is 26.4 Å². The van der Waals surface area contributed by atoms with Crippen LogP contribution in [-0.4, -0.2) is 96.7 Å². The summed E-state index contributed by atoms with van der Waals surface area (Å²) < 4.78 is 67.5. The van der Waals surface area contributed by atoms with Gasteiger partial charge >= 0.3 is 39.5 Å². The third kappa shape index (κ3) is 56.9. The molecule has 19 heteroatoms. The zero-order valence-electron chi connectivity index (χ0n) is 51.7. The Morgan fingerprint density at radius 2 is 0.494 bits per heavy atom. The molecule has 0 aromatic heterocycles. The highest BCUT2D eigenvalue weighted by Crippen LogP contribution is 2.45. The molecule has 0 saturated carbocycles. The molecule has 0 rings (SSSR count). The van der Waals surface area contributed by atoms with E-state index in [4.69, 9.17) is 37.0 Å². The number of esters is 4. The Bertz CT molecular complexity index is 1570. The van der Waals surface area contributed by atoms with Crippen molar-refractivity contribution in [2.75, 3.05) is 39.6 Å². The third-order valence-corrected chi connectivity index (χ3v) is 16.3. The monoisotopic (exact) mass is 1200 g/mol. The van der Waals surface area contributed by atoms with Crippen molar-refractivity contribution < 1.29 is 80.2 Å². The topological polar surface area (TPSA) is 237 Å². The predicted octanol–water partition coefficient (Wildman–Crippen LogP) is 17.2. The minimum absolute atomic E-state index is 0.0969. The second kappa shape index (κ2) is 57.2. The lowest BCUT2D eigenvalue weighted by Gasteiger charge is -2.21. The van der Waals surface area contributed by atoms with Gasteiger partial charge in [0.1, 0.15) is 19.3 Å². The van der Waals surface area contributed by atoms with E-state index >= 15 is 0 Å². The summed E-state index contributed by atoms with van der Waals surface area (Å²) in [6, 6.07) is 0. The van der Waals surface area contributed by atoms with E-state index in [0.29, 0.717) is 25.7 Å². The van der Waals surface area contributed by atoms with Crippen LogP contribution in [0.1, 0.15) is 317 Å². The number of phosphoric ester groups is 2. The first kappa shape index (κ1) is 79.1. The Morgan fingerprint density at radius 3 is 0.741 bits per heavy atom. The summed E-state index contributed by atoms with van der Waals surface area (Å²) in [4.78, 5) is 71.6. The molecule has 0 fully saturated rings. The maximum atomic E-state index is 12.9. The molecular weight excluding hydrogens is 1080 g/mol. The van der Waals surface area contributed by atoms with Crippen molar-refractivity contribution in [2.24, 2.45) is 0 Å². The number of hydrogen-bond donors (Lipinski definition) is 3. The highest BCUT2D eigenvalue weighted by molar-refractivity contribution is 7.47. The van der Waals surface area contributed by atoms with E-state index in [2.05, 4.69) is 20.8 Å². The highest BCUT2D eigenvalue weighted by atomic mass is 31.2. The molecule has 0 amide bonds. The molecule has 0 heterocycles. The minimum atomic E-state index is -4.93. The van der Waals surface area contributed by atoms with Gasteiger partial charge in [0.15, 0.2) is 12.2 Å². The van der Waals surface area contributed by atoms with Crippen LogP contribution < -0.4 is 0 Å². The lowest BCUT2D eigenvalue weighted by atomic mass is 10.0. The van der Waals surface area contributed by atoms with E-state index in [9.17, 15) is 43.2 Å². The first-order valence-corrected chi connectivity index (χ1v) is 35.8. The number of carbonyl (C=O) groups excluding carboxylic acids is 4. The Hall–Kier alpha value is -1.94. The van der Waals surface area contributed by atoms with Crippen molar-refractivity contribution in [2.45, 2.75) is 335 Å². The number of hydrogen-bond acceptors (Lipinski definition) is 15. The molecule has 0 aliphatic rings. The van der Waals surface area contributed by atoms with E-state index in [1.165, 1.54) is 141 Å². The highest BCUT2D eigenvalue weighted by Gasteiger charge is 2.30. The number of carbonyl (C=O) groups is 4. The first-order chi connectivity index (χ1) is 39.2. The van der Waals surface area contributed by atoms with Crippen LogP contribution in [0, 0.1) is 0 Å². The molecule has 5 atom stereocenters. The van der Waals surface area contributed by atoms with Crippen LogP contribution in [0.3, 0.4) is 0 Å². The third-order valence-electron chi connectivity index (χ3n) is 14.4. The van der Waals surface area contributed by atoms with Crippen molar-refractivity contribution in [1.82, 2.24) is 0 Å². The van der Waals surface area contributed by atoms with Gasteiger partial charge in [-0.15, -0.1) is 0 Å². The molecule has 0 aliphatic heterocycles. The van der Waals surface area contributed by atoms with Crippen molar-refractivity contribution in [3.8, 4) is 0 Å². The summed E-state index contributed by atoms with van der Waals surface area (Å²) in [7, 11) is -9.86. The zero-order chi connectivity index (χ0) is 59.8. The van der Waals surface area contributed by atoms with Crippen LogP contribution in [0.25, 0.3) is 0 Å². The van der Waals surface area contributed by atoms with Crippen LogP contribution in [-0.2, 0) is 65.4 Å². The molecule has 81 heavy (non-hydrogen) atoms. The van der Waals surface area contributed by atoms with Gasteiger partial charge < -0.3 is 33.8 Å². The molecule has 2 unspecified atom stereocenters. The number of ether oxygens (including phenoxy) is 4. The molecule has 0 radical (unpaired) electrons. The Balaban J connectivity index is 4.97. The predicted molar refractivity (Wildman–Crippen MR) is 322 cm³/mol. The largest absolute Gasteiger partial charge is 0.472 e. The van der Waals surface area contributed by atoms with Crippen molar-refractivity contribution in [1.29, 1.82) is 0 Å². The fourth-order valence-corrected chi connectivity index (χ4v) is 10.9. The van der Waals surface area contributed by atoms with Gasteiger partial charge in [0.2, 0.25) is 0 Å². The minimum Gasteiger partial charge on any atom is -0.462 e. The van der Waals surface area contributed by atoms with Gasteiger partial charge in [-0.05, 0) is 25.7 Å². The molecule has 0 aromatic rings. The average Bonchev–Trinajstić information content (AvgIpc) is 3.44. The van der Waals surface area contributed by atoms with Crippen LogP contribution in [0.4, 0.5) is 0 Å². The molecule has 0 saturated heterocycles. The van der Waals surface area contributed by atoms with E-state index < -0.39 is 97.5 Å². The van der Waals surface area contributed by atoms with E-state index in [-0.39, 0.29) is 25.7 Å². The van der Waals surface area contributed by atoms with E-state index in [0.717, 1.165) is 96.3 Å². The Morgan fingerprint density at radius 1 is 0.296 bits per heavy atom. The summed E-state index contributed by atoms with van der Waals surface area (Å²) in [5.41, 5.74) is 0. The van der Waals surface area contributed by atoms with Crippen LogP contribution in [0.2, 0.25) is 0 Å². The Labute approximate surface area is 492 Å². The summed E-state index contributed by atoms with van der Waals surface area (Å²) in [6.07, 6.45) is 42.5. The molecule has 480 valence electrons. The van der Waals surface area contributed by atoms with Gasteiger partial charge in [0.25, 0.3) is 0 Å². The van der Waals surface area contributed by atoms with Gasteiger partial charge in [0, 0.05) is 25.7 Å². The second-order valence-corrected chi connectivity index (χ2v) is 25.4. The van der Waals surface area contributed by atoms with Crippen LogP contribution >= 0.6 is 15.6 Å². The summed E-state index contributed by atoms with van der Waals surface area (Å²) in [5, 5.41) is 10.5. The van der Waals surface area contributed by atoms with Crippen molar-refractivity contribution in [3.63, 3.8) is 0 Å².